The Balaban J connectivity index is 2.55. The number of nitrogens with one attached hydrogen (secondary N) is 1. The normalized spacial score (nSPS) is 13.7. The van der Waals surface area contributed by atoms with E-state index in [1.807, 2.05) is 0 Å². The van der Waals surface area contributed by atoms with Crippen LogP contribution in [0.15, 0.2) is 24.3 Å². The van der Waals surface area contributed by atoms with Crippen molar-refractivity contribution in [3.05, 3.63) is 35.4 Å². The van der Waals surface area contributed by atoms with Crippen molar-refractivity contribution >= 4 is 0 Å². The van der Waals surface area contributed by atoms with Crippen molar-refractivity contribution in [3.8, 4) is 0 Å². The molecule has 0 bridgehead atoms. The van der Waals surface area contributed by atoms with Gasteiger partial charge in [0.05, 0.1) is 6.10 Å². The number of aryl methyl sites for hydroxylation is 1. The third-order valence-electron chi connectivity index (χ3n) is 3.54. The summed E-state index contributed by atoms with van der Waals surface area (Å²) in [6, 6.07) is 8.91. The Morgan fingerprint density at radius 1 is 1.10 bits per heavy atom. The van der Waals surface area contributed by atoms with Gasteiger partial charge in [-0.25, -0.2) is 0 Å². The van der Waals surface area contributed by atoms with Gasteiger partial charge in [0, 0.05) is 12.1 Å². The van der Waals surface area contributed by atoms with Gasteiger partial charge in [-0.3, -0.25) is 0 Å². The standard InChI is InChI=1S/C19H33NO/c1-15(2)21-12-11-18(14-20-19(4,5)6)13-17-9-7-16(3)8-10-17/h7-10,15,18,20H,11-14H2,1-6H3. The Bertz CT molecular complexity index is 389. The number of hydrogen-bond donors (Lipinski definition) is 1. The minimum atomic E-state index is 0.171. The first-order valence-electron chi connectivity index (χ1n) is 8.18. The molecule has 1 unspecified atom stereocenters. The van der Waals surface area contributed by atoms with Gasteiger partial charge in [0.1, 0.15) is 0 Å². The predicted octanol–water partition coefficient (Wildman–Crippen LogP) is 4.36. The van der Waals surface area contributed by atoms with Gasteiger partial charge in [0.2, 0.25) is 0 Å². The molecule has 0 amide bonds. The zero-order chi connectivity index (χ0) is 15.9. The molecule has 0 saturated heterocycles. The van der Waals surface area contributed by atoms with Crippen LogP contribution in [0.4, 0.5) is 0 Å². The van der Waals surface area contributed by atoms with Crippen LogP contribution in [0.2, 0.25) is 0 Å². The molecule has 0 heterocycles. The second-order valence-electron chi connectivity index (χ2n) is 7.39. The molecule has 0 saturated carbocycles. The summed E-state index contributed by atoms with van der Waals surface area (Å²) in [5, 5.41) is 3.64. The van der Waals surface area contributed by atoms with Crippen LogP contribution in [0.5, 0.6) is 0 Å². The molecule has 0 fully saturated rings. The lowest BCUT2D eigenvalue weighted by atomic mass is 9.94. The summed E-state index contributed by atoms with van der Waals surface area (Å²) in [6.45, 7) is 14.9. The maximum Gasteiger partial charge on any atom is 0.0518 e. The highest BCUT2D eigenvalue weighted by atomic mass is 16.5. The van der Waals surface area contributed by atoms with Gasteiger partial charge in [-0.05, 0) is 72.4 Å². The van der Waals surface area contributed by atoms with E-state index in [1.165, 1.54) is 11.1 Å². The summed E-state index contributed by atoms with van der Waals surface area (Å²) in [5.74, 6) is 0.616. The molecule has 0 aliphatic heterocycles. The van der Waals surface area contributed by atoms with E-state index in [1.54, 1.807) is 0 Å². The molecule has 0 aromatic heterocycles. The number of benzene rings is 1. The van der Waals surface area contributed by atoms with Crippen LogP contribution in [0.25, 0.3) is 0 Å². The SMILES string of the molecule is Cc1ccc(CC(CCOC(C)C)CNC(C)(C)C)cc1. The summed E-state index contributed by atoms with van der Waals surface area (Å²) in [5.41, 5.74) is 2.92. The number of hydrogen-bond acceptors (Lipinski definition) is 2. The molecular formula is C19H33NO. The molecule has 1 atom stereocenters. The van der Waals surface area contributed by atoms with E-state index in [0.29, 0.717) is 12.0 Å². The van der Waals surface area contributed by atoms with Gasteiger partial charge in [-0.2, -0.15) is 0 Å². The second kappa shape index (κ2) is 8.55. The fourth-order valence-electron chi connectivity index (χ4n) is 2.25. The predicted molar refractivity (Wildman–Crippen MR) is 91.8 cm³/mol. The third-order valence-corrected chi connectivity index (χ3v) is 3.54. The van der Waals surface area contributed by atoms with Crippen LogP contribution in [0, 0.1) is 12.8 Å². The lowest BCUT2D eigenvalue weighted by Gasteiger charge is -2.26. The van der Waals surface area contributed by atoms with E-state index < -0.39 is 0 Å². The first-order chi connectivity index (χ1) is 9.76. The average Bonchev–Trinajstić information content (AvgIpc) is 2.37. The molecule has 0 radical (unpaired) electrons. The Labute approximate surface area is 131 Å². The van der Waals surface area contributed by atoms with Crippen molar-refractivity contribution in [2.75, 3.05) is 13.2 Å². The summed E-state index contributed by atoms with van der Waals surface area (Å²) in [7, 11) is 0. The highest BCUT2D eigenvalue weighted by molar-refractivity contribution is 5.21. The Kier molecular flexibility index (Phi) is 7.41. The molecule has 1 N–H and O–H groups in total. The molecule has 0 spiro atoms. The van der Waals surface area contributed by atoms with Crippen LogP contribution >= 0.6 is 0 Å². The van der Waals surface area contributed by atoms with Crippen LogP contribution in [0.1, 0.15) is 52.2 Å². The molecule has 120 valence electrons. The number of rotatable bonds is 8. The highest BCUT2D eigenvalue weighted by Gasteiger charge is 2.15. The van der Waals surface area contributed by atoms with E-state index >= 15 is 0 Å². The van der Waals surface area contributed by atoms with Gasteiger partial charge in [0.15, 0.2) is 0 Å². The molecular weight excluding hydrogens is 258 g/mol. The smallest absolute Gasteiger partial charge is 0.0518 e. The van der Waals surface area contributed by atoms with Crippen molar-refractivity contribution in [2.24, 2.45) is 5.92 Å². The largest absolute Gasteiger partial charge is 0.379 e. The molecule has 1 rings (SSSR count). The Morgan fingerprint density at radius 2 is 1.71 bits per heavy atom. The first kappa shape index (κ1) is 18.2. The molecule has 0 aliphatic carbocycles. The highest BCUT2D eigenvalue weighted by Crippen LogP contribution is 2.15. The van der Waals surface area contributed by atoms with Crippen LogP contribution in [0.3, 0.4) is 0 Å². The fraction of sp³-hybridized carbons (Fsp3) is 0.684. The maximum atomic E-state index is 5.73. The fourth-order valence-corrected chi connectivity index (χ4v) is 2.25. The van der Waals surface area contributed by atoms with Crippen molar-refractivity contribution < 1.29 is 4.74 Å². The van der Waals surface area contributed by atoms with Gasteiger partial charge in [0.25, 0.3) is 0 Å². The van der Waals surface area contributed by atoms with Crippen molar-refractivity contribution in [1.29, 1.82) is 0 Å². The summed E-state index contributed by atoms with van der Waals surface area (Å²) < 4.78 is 5.73. The molecule has 0 aliphatic rings. The molecule has 21 heavy (non-hydrogen) atoms. The van der Waals surface area contributed by atoms with E-state index in [0.717, 1.165) is 26.0 Å². The van der Waals surface area contributed by atoms with Gasteiger partial charge >= 0.3 is 0 Å². The Morgan fingerprint density at radius 3 is 2.24 bits per heavy atom. The summed E-state index contributed by atoms with van der Waals surface area (Å²) in [4.78, 5) is 0. The molecule has 2 nitrogen and oxygen atoms in total. The minimum absolute atomic E-state index is 0.171. The lowest BCUT2D eigenvalue weighted by Crippen LogP contribution is -2.39. The van der Waals surface area contributed by atoms with Crippen molar-refractivity contribution in [3.63, 3.8) is 0 Å². The first-order valence-corrected chi connectivity index (χ1v) is 8.18. The molecule has 1 aromatic carbocycles. The molecule has 1 aromatic rings. The quantitative estimate of drug-likeness (QED) is 0.768. The van der Waals surface area contributed by atoms with Gasteiger partial charge in [-0.15, -0.1) is 0 Å². The van der Waals surface area contributed by atoms with Crippen LogP contribution < -0.4 is 5.32 Å². The van der Waals surface area contributed by atoms with Crippen LogP contribution in [-0.2, 0) is 11.2 Å². The zero-order valence-corrected chi connectivity index (χ0v) is 14.7. The minimum Gasteiger partial charge on any atom is -0.379 e. The Hall–Kier alpha value is -0.860. The lowest BCUT2D eigenvalue weighted by molar-refractivity contribution is 0.0677. The van der Waals surface area contributed by atoms with Crippen LogP contribution in [-0.4, -0.2) is 24.8 Å². The van der Waals surface area contributed by atoms with E-state index in [9.17, 15) is 0 Å². The van der Waals surface area contributed by atoms with E-state index in [4.69, 9.17) is 4.74 Å². The van der Waals surface area contributed by atoms with E-state index in [-0.39, 0.29) is 5.54 Å². The van der Waals surface area contributed by atoms with Crippen molar-refractivity contribution in [1.82, 2.24) is 5.32 Å². The summed E-state index contributed by atoms with van der Waals surface area (Å²) in [6.07, 6.45) is 2.54. The van der Waals surface area contributed by atoms with Gasteiger partial charge < -0.3 is 10.1 Å². The molecule has 2 heteroatoms. The number of ether oxygens (including phenoxy) is 1. The topological polar surface area (TPSA) is 21.3 Å². The van der Waals surface area contributed by atoms with E-state index in [2.05, 4.69) is 71.1 Å². The summed E-state index contributed by atoms with van der Waals surface area (Å²) >= 11 is 0. The third kappa shape index (κ3) is 8.90. The van der Waals surface area contributed by atoms with Gasteiger partial charge in [-0.1, -0.05) is 29.8 Å². The zero-order valence-electron chi connectivity index (χ0n) is 14.7. The monoisotopic (exact) mass is 291 g/mol. The maximum absolute atomic E-state index is 5.73. The average molecular weight is 291 g/mol. The van der Waals surface area contributed by atoms with Crippen molar-refractivity contribution in [2.45, 2.75) is 66.0 Å². The second-order valence-corrected chi connectivity index (χ2v) is 7.39.